The van der Waals surface area contributed by atoms with E-state index in [0.717, 1.165) is 4.46 Å². The Kier molecular flexibility index (Phi) is 1.89. The Morgan fingerprint density at radius 2 is 2.11 bits per heavy atom. The van der Waals surface area contributed by atoms with Crippen LogP contribution in [0.2, 0.25) is 0 Å². The van der Waals surface area contributed by atoms with Crippen LogP contribution >= 0.6 is 0 Å². The summed E-state index contributed by atoms with van der Waals surface area (Å²) in [6.07, 6.45) is 0. The molecule has 0 atom stereocenters. The summed E-state index contributed by atoms with van der Waals surface area (Å²) < 4.78 is 13.5. The van der Waals surface area contributed by atoms with E-state index < -0.39 is 0 Å². The molecule has 9 heavy (non-hydrogen) atoms. The van der Waals surface area contributed by atoms with Gasteiger partial charge in [0.05, 0.1) is 0 Å². The molecule has 1 rings (SSSR count). The van der Waals surface area contributed by atoms with Crippen LogP contribution in [0.3, 0.4) is 0 Å². The molecule has 0 fully saturated rings. The maximum absolute atomic E-state index is 12.5. The molecule has 0 heterocycles. The van der Waals surface area contributed by atoms with Gasteiger partial charge in [0, 0.05) is 0 Å². The van der Waals surface area contributed by atoms with Crippen molar-refractivity contribution >= 4 is 20.5 Å². The number of benzene rings is 1. The van der Waals surface area contributed by atoms with Crippen molar-refractivity contribution in [2.75, 3.05) is 0 Å². The zero-order valence-corrected chi connectivity index (χ0v) is 6.93. The van der Waals surface area contributed by atoms with Crippen LogP contribution < -0.4 is 4.46 Å². The van der Waals surface area contributed by atoms with E-state index in [1.54, 1.807) is 19.1 Å². The van der Waals surface area contributed by atoms with Crippen molar-refractivity contribution in [1.82, 2.24) is 0 Å². The Labute approximate surface area is 61.9 Å². The Morgan fingerprint density at radius 3 is 2.56 bits per heavy atom. The number of hydrogen-bond donors (Lipinski definition) is 0. The van der Waals surface area contributed by atoms with Crippen LogP contribution in [0.15, 0.2) is 18.2 Å². The zero-order valence-electron chi connectivity index (χ0n) is 5.06. The first-order chi connectivity index (χ1) is 4.20. The monoisotopic (exact) mass is 190 g/mol. The van der Waals surface area contributed by atoms with Crippen molar-refractivity contribution in [1.29, 1.82) is 0 Å². The molecule has 0 bridgehead atoms. The van der Waals surface area contributed by atoms with Gasteiger partial charge in [0.2, 0.25) is 0 Å². The summed E-state index contributed by atoms with van der Waals surface area (Å²) in [4.78, 5) is 0. The molecule has 0 saturated carbocycles. The van der Waals surface area contributed by atoms with Crippen LogP contribution in [0.4, 0.5) is 4.39 Å². The Balaban J connectivity index is 3.17. The fraction of sp³-hybridized carbons (Fsp3) is 0.143. The summed E-state index contributed by atoms with van der Waals surface area (Å²) in [5.41, 5.74) is 0.702. The van der Waals surface area contributed by atoms with E-state index in [2.05, 4.69) is 16.0 Å². The number of rotatable bonds is 0. The second kappa shape index (κ2) is 2.51. The van der Waals surface area contributed by atoms with Gasteiger partial charge in [0.15, 0.2) is 0 Å². The molecular formula is C7H7FSe. The van der Waals surface area contributed by atoms with E-state index >= 15 is 0 Å². The van der Waals surface area contributed by atoms with Crippen molar-refractivity contribution in [3.05, 3.63) is 29.6 Å². The van der Waals surface area contributed by atoms with Crippen LogP contribution in [-0.4, -0.2) is 16.0 Å². The molecule has 1 aromatic rings. The Hall–Kier alpha value is -0.331. The van der Waals surface area contributed by atoms with Gasteiger partial charge in [-0.1, -0.05) is 0 Å². The summed E-state index contributed by atoms with van der Waals surface area (Å²) in [6, 6.07) is 5.01. The van der Waals surface area contributed by atoms with Gasteiger partial charge in [-0.2, -0.15) is 0 Å². The maximum atomic E-state index is 12.5. The van der Waals surface area contributed by atoms with Crippen LogP contribution in [0.25, 0.3) is 0 Å². The minimum atomic E-state index is -0.134. The van der Waals surface area contributed by atoms with Gasteiger partial charge in [-0.3, -0.25) is 0 Å². The second-order valence-corrected chi connectivity index (χ2v) is 3.02. The number of aryl methyl sites for hydroxylation is 1. The Bertz CT molecular complexity index is 220. The van der Waals surface area contributed by atoms with Crippen molar-refractivity contribution in [3.8, 4) is 0 Å². The SMILES string of the molecule is Cc1cc([SeH])ccc1F. The molecule has 1 aromatic carbocycles. The standard InChI is InChI=1S/C7H7FSe/c1-5-4-6(9)2-3-7(5)8/h2-4,9H,1H3. The molecule has 0 unspecified atom stereocenters. The van der Waals surface area contributed by atoms with Gasteiger partial charge < -0.3 is 0 Å². The fourth-order valence-electron chi connectivity index (χ4n) is 0.629. The molecule has 0 amide bonds. The molecule has 0 aliphatic rings. The quantitative estimate of drug-likeness (QED) is 0.526. The topological polar surface area (TPSA) is 0 Å². The molecule has 0 spiro atoms. The summed E-state index contributed by atoms with van der Waals surface area (Å²) in [5, 5.41) is 0. The molecule has 0 N–H and O–H groups in total. The van der Waals surface area contributed by atoms with Gasteiger partial charge >= 0.3 is 61.4 Å². The molecule has 0 nitrogen and oxygen atoms in total. The third kappa shape index (κ3) is 1.54. The average molecular weight is 189 g/mol. The van der Waals surface area contributed by atoms with Crippen molar-refractivity contribution < 1.29 is 4.39 Å². The number of halogens is 1. The predicted molar refractivity (Wildman–Crippen MR) is 37.9 cm³/mol. The normalized spacial score (nSPS) is 9.67. The predicted octanol–water partition coefficient (Wildman–Crippen LogP) is 0.660. The van der Waals surface area contributed by atoms with Crippen LogP contribution in [0.5, 0.6) is 0 Å². The molecule has 2 heteroatoms. The van der Waals surface area contributed by atoms with E-state index in [9.17, 15) is 4.39 Å². The van der Waals surface area contributed by atoms with Gasteiger partial charge in [-0.25, -0.2) is 0 Å². The van der Waals surface area contributed by atoms with E-state index in [4.69, 9.17) is 0 Å². The first-order valence-electron chi connectivity index (χ1n) is 2.65. The molecular weight excluding hydrogens is 182 g/mol. The van der Waals surface area contributed by atoms with Gasteiger partial charge in [-0.05, 0) is 0 Å². The van der Waals surface area contributed by atoms with Gasteiger partial charge in [0.25, 0.3) is 0 Å². The molecule has 0 aromatic heterocycles. The van der Waals surface area contributed by atoms with Crippen LogP contribution in [0.1, 0.15) is 5.56 Å². The third-order valence-corrected chi connectivity index (χ3v) is 1.73. The third-order valence-electron chi connectivity index (χ3n) is 1.14. The number of hydrogen-bond acceptors (Lipinski definition) is 0. The van der Waals surface area contributed by atoms with Crippen molar-refractivity contribution in [2.45, 2.75) is 6.92 Å². The molecule has 0 radical (unpaired) electrons. The summed E-state index contributed by atoms with van der Waals surface area (Å²) in [5.74, 6) is -0.134. The average Bonchev–Trinajstić information content (AvgIpc) is 1.80. The zero-order chi connectivity index (χ0) is 6.85. The molecule has 0 aliphatic heterocycles. The Morgan fingerprint density at radius 1 is 1.44 bits per heavy atom. The van der Waals surface area contributed by atoms with Crippen molar-refractivity contribution in [3.63, 3.8) is 0 Å². The van der Waals surface area contributed by atoms with E-state index in [1.165, 1.54) is 6.07 Å². The van der Waals surface area contributed by atoms with Crippen molar-refractivity contribution in [2.24, 2.45) is 0 Å². The van der Waals surface area contributed by atoms with E-state index in [-0.39, 0.29) is 5.82 Å². The first kappa shape index (κ1) is 6.78. The summed E-state index contributed by atoms with van der Waals surface area (Å²) in [7, 11) is 0. The van der Waals surface area contributed by atoms with Crippen LogP contribution in [-0.2, 0) is 0 Å². The van der Waals surface area contributed by atoms with E-state index in [1.807, 2.05) is 0 Å². The molecule has 0 aliphatic carbocycles. The summed E-state index contributed by atoms with van der Waals surface area (Å²) >= 11 is 2.38. The van der Waals surface area contributed by atoms with E-state index in [0.29, 0.717) is 5.56 Å². The van der Waals surface area contributed by atoms with Gasteiger partial charge in [0.1, 0.15) is 0 Å². The fourth-order valence-corrected chi connectivity index (χ4v) is 1.19. The second-order valence-electron chi connectivity index (χ2n) is 1.93. The summed E-state index contributed by atoms with van der Waals surface area (Å²) in [6.45, 7) is 1.76. The minimum absolute atomic E-state index is 0.134. The first-order valence-corrected chi connectivity index (χ1v) is 3.59. The van der Waals surface area contributed by atoms with Crippen LogP contribution in [0, 0.1) is 12.7 Å². The molecule has 0 saturated heterocycles. The molecule has 48 valence electrons. The van der Waals surface area contributed by atoms with Gasteiger partial charge in [-0.15, -0.1) is 0 Å².